The molecular weight excluding hydrogens is 426 g/mol. The molecule has 0 fully saturated rings. The molecule has 0 saturated carbocycles. The van der Waals surface area contributed by atoms with Crippen molar-refractivity contribution in [2.75, 3.05) is 5.73 Å². The van der Waals surface area contributed by atoms with Crippen LogP contribution in [0.25, 0.3) is 33.9 Å². The zero-order valence-corrected chi connectivity index (χ0v) is 17.2. The van der Waals surface area contributed by atoms with Crippen LogP contribution in [0, 0.1) is 11.3 Å². The largest absolute Gasteiger partial charge is 0.397 e. The second-order valence-corrected chi connectivity index (χ2v) is 7.42. The number of rotatable bonds is 3. The van der Waals surface area contributed by atoms with Gasteiger partial charge in [-0.1, -0.05) is 17.7 Å². The number of nitrogens with zero attached hydrogens (tertiary/aromatic N) is 6. The summed E-state index contributed by atoms with van der Waals surface area (Å²) in [7, 11) is 0. The molecule has 2 aromatic carbocycles. The van der Waals surface area contributed by atoms with E-state index in [0.717, 1.165) is 0 Å². The molecule has 154 valence electrons. The standard InChI is InChI=1S/C23H14ClN7O/c24-15-4-7-17(8-5-15)30-22(20-9-6-16(26)12-27-20)29-21-19(23(30)32)13-28-31(21)18-3-1-2-14(10-18)11-25/h1-10,12-13H,26H2. The van der Waals surface area contributed by atoms with Crippen LogP contribution in [0.4, 0.5) is 5.69 Å². The molecule has 0 spiro atoms. The van der Waals surface area contributed by atoms with Gasteiger partial charge < -0.3 is 5.73 Å². The number of pyridine rings is 1. The van der Waals surface area contributed by atoms with Gasteiger partial charge in [0.1, 0.15) is 11.1 Å². The number of halogens is 1. The quantitative estimate of drug-likeness (QED) is 0.457. The summed E-state index contributed by atoms with van der Waals surface area (Å²) in [6.07, 6.45) is 2.97. The zero-order valence-electron chi connectivity index (χ0n) is 16.5. The van der Waals surface area contributed by atoms with E-state index in [1.165, 1.54) is 21.6 Å². The molecule has 32 heavy (non-hydrogen) atoms. The van der Waals surface area contributed by atoms with E-state index >= 15 is 0 Å². The monoisotopic (exact) mass is 439 g/mol. The summed E-state index contributed by atoms with van der Waals surface area (Å²) in [6.45, 7) is 0. The average molecular weight is 440 g/mol. The van der Waals surface area contributed by atoms with Gasteiger partial charge in [-0.15, -0.1) is 0 Å². The van der Waals surface area contributed by atoms with Gasteiger partial charge in [0.05, 0.1) is 41.1 Å². The van der Waals surface area contributed by atoms with Gasteiger partial charge in [-0.25, -0.2) is 9.67 Å². The van der Waals surface area contributed by atoms with Gasteiger partial charge in [-0.2, -0.15) is 10.4 Å². The maximum absolute atomic E-state index is 13.6. The highest BCUT2D eigenvalue weighted by Gasteiger charge is 2.19. The van der Waals surface area contributed by atoms with Crippen LogP contribution in [0.3, 0.4) is 0 Å². The van der Waals surface area contributed by atoms with Crippen molar-refractivity contribution in [2.45, 2.75) is 0 Å². The Balaban J connectivity index is 1.83. The Labute approximate surface area is 186 Å². The Hall–Kier alpha value is -4.48. The van der Waals surface area contributed by atoms with Crippen molar-refractivity contribution in [3.05, 3.63) is 94.0 Å². The molecule has 5 rings (SSSR count). The molecule has 5 aromatic rings. The second kappa shape index (κ2) is 7.65. The zero-order chi connectivity index (χ0) is 22.2. The fraction of sp³-hybridized carbons (Fsp3) is 0. The average Bonchev–Trinajstić information content (AvgIpc) is 3.25. The lowest BCUT2D eigenvalue weighted by Gasteiger charge is -2.13. The Kier molecular flexibility index (Phi) is 4.66. The Morgan fingerprint density at radius 2 is 1.81 bits per heavy atom. The maximum Gasteiger partial charge on any atom is 0.269 e. The predicted octanol–water partition coefficient (Wildman–Crippen LogP) is 3.74. The van der Waals surface area contributed by atoms with Crippen molar-refractivity contribution in [3.8, 4) is 29.0 Å². The smallest absolute Gasteiger partial charge is 0.269 e. The molecule has 3 aromatic heterocycles. The molecule has 0 radical (unpaired) electrons. The van der Waals surface area contributed by atoms with Crippen molar-refractivity contribution in [1.29, 1.82) is 5.26 Å². The van der Waals surface area contributed by atoms with Crippen LogP contribution in [0.5, 0.6) is 0 Å². The summed E-state index contributed by atoms with van der Waals surface area (Å²) in [5.74, 6) is 0.322. The first-order chi connectivity index (χ1) is 15.5. The SMILES string of the molecule is N#Cc1cccc(-n2ncc3c(=O)n(-c4ccc(Cl)cc4)c(-c4ccc(N)cn4)nc32)c1. The van der Waals surface area contributed by atoms with E-state index in [1.54, 1.807) is 60.7 Å². The van der Waals surface area contributed by atoms with Crippen molar-refractivity contribution < 1.29 is 0 Å². The molecule has 0 saturated heterocycles. The molecule has 9 heteroatoms. The first kappa shape index (κ1) is 19.5. The third-order valence-electron chi connectivity index (χ3n) is 4.92. The van der Waals surface area contributed by atoms with Gasteiger partial charge in [0, 0.05) is 5.02 Å². The number of nitrogens with two attached hydrogens (primary N) is 1. The normalized spacial score (nSPS) is 10.9. The Bertz CT molecular complexity index is 1560. The summed E-state index contributed by atoms with van der Waals surface area (Å²) in [5, 5.41) is 14.5. The van der Waals surface area contributed by atoms with Gasteiger partial charge in [-0.05, 0) is 54.6 Å². The van der Waals surface area contributed by atoms with Crippen LogP contribution in [-0.4, -0.2) is 24.3 Å². The molecule has 0 aliphatic rings. The number of nitriles is 1. The topological polar surface area (TPSA) is 115 Å². The summed E-state index contributed by atoms with van der Waals surface area (Å²) >= 11 is 6.04. The Morgan fingerprint density at radius 3 is 2.53 bits per heavy atom. The van der Waals surface area contributed by atoms with Crippen LogP contribution in [-0.2, 0) is 0 Å². The van der Waals surface area contributed by atoms with Gasteiger partial charge in [-0.3, -0.25) is 14.3 Å². The molecule has 0 atom stereocenters. The predicted molar refractivity (Wildman–Crippen MR) is 122 cm³/mol. The van der Waals surface area contributed by atoms with E-state index in [9.17, 15) is 10.1 Å². The van der Waals surface area contributed by atoms with Crippen molar-refractivity contribution in [2.24, 2.45) is 0 Å². The molecular formula is C23H14ClN7O. The third-order valence-corrected chi connectivity index (χ3v) is 5.17. The molecule has 0 unspecified atom stereocenters. The number of hydrogen-bond donors (Lipinski definition) is 1. The van der Waals surface area contributed by atoms with Crippen molar-refractivity contribution in [1.82, 2.24) is 24.3 Å². The molecule has 2 N–H and O–H groups in total. The van der Waals surface area contributed by atoms with E-state index in [0.29, 0.717) is 50.2 Å². The molecule has 0 aliphatic carbocycles. The van der Waals surface area contributed by atoms with Crippen LogP contribution in [0.1, 0.15) is 5.56 Å². The number of nitrogen functional groups attached to an aromatic ring is 1. The summed E-state index contributed by atoms with van der Waals surface area (Å²) < 4.78 is 3.00. The number of benzene rings is 2. The molecule has 0 aliphatic heterocycles. The first-order valence-corrected chi connectivity index (χ1v) is 9.92. The van der Waals surface area contributed by atoms with E-state index in [2.05, 4.69) is 16.2 Å². The van der Waals surface area contributed by atoms with E-state index < -0.39 is 0 Å². The highest BCUT2D eigenvalue weighted by molar-refractivity contribution is 6.30. The highest BCUT2D eigenvalue weighted by atomic mass is 35.5. The number of hydrogen-bond acceptors (Lipinski definition) is 6. The fourth-order valence-corrected chi connectivity index (χ4v) is 3.53. The highest BCUT2D eigenvalue weighted by Crippen LogP contribution is 2.24. The van der Waals surface area contributed by atoms with Crippen molar-refractivity contribution in [3.63, 3.8) is 0 Å². The molecule has 8 nitrogen and oxygen atoms in total. The van der Waals surface area contributed by atoms with Crippen LogP contribution in [0.2, 0.25) is 5.02 Å². The van der Waals surface area contributed by atoms with Gasteiger partial charge in [0.25, 0.3) is 5.56 Å². The third kappa shape index (κ3) is 3.27. The lowest BCUT2D eigenvalue weighted by molar-refractivity contribution is 0.886. The number of anilines is 1. The summed E-state index contributed by atoms with van der Waals surface area (Å²) in [5.41, 5.74) is 8.47. The minimum absolute atomic E-state index is 0.311. The van der Waals surface area contributed by atoms with Crippen LogP contribution < -0.4 is 11.3 Å². The van der Waals surface area contributed by atoms with Gasteiger partial charge in [0.15, 0.2) is 11.5 Å². The Morgan fingerprint density at radius 1 is 1.00 bits per heavy atom. The van der Waals surface area contributed by atoms with E-state index in [-0.39, 0.29) is 5.56 Å². The van der Waals surface area contributed by atoms with Crippen LogP contribution >= 0.6 is 11.6 Å². The molecule has 0 amide bonds. The van der Waals surface area contributed by atoms with Crippen molar-refractivity contribution >= 4 is 28.3 Å². The second-order valence-electron chi connectivity index (χ2n) is 6.98. The maximum atomic E-state index is 13.6. The molecule has 3 heterocycles. The first-order valence-electron chi connectivity index (χ1n) is 9.54. The lowest BCUT2D eigenvalue weighted by atomic mass is 10.2. The summed E-state index contributed by atoms with van der Waals surface area (Å²) in [4.78, 5) is 22.7. The minimum Gasteiger partial charge on any atom is -0.397 e. The van der Waals surface area contributed by atoms with E-state index in [4.69, 9.17) is 22.3 Å². The minimum atomic E-state index is -0.311. The van der Waals surface area contributed by atoms with Crippen LogP contribution in [0.15, 0.2) is 77.9 Å². The van der Waals surface area contributed by atoms with Gasteiger partial charge in [0.2, 0.25) is 0 Å². The summed E-state index contributed by atoms with van der Waals surface area (Å²) in [6, 6.07) is 19.3. The number of aromatic nitrogens is 5. The number of fused-ring (bicyclic) bond motifs is 1. The molecule has 0 bridgehead atoms. The fourth-order valence-electron chi connectivity index (χ4n) is 3.40. The van der Waals surface area contributed by atoms with E-state index in [1.807, 2.05) is 0 Å². The van der Waals surface area contributed by atoms with Gasteiger partial charge >= 0.3 is 0 Å². The lowest BCUT2D eigenvalue weighted by Crippen LogP contribution is -2.22.